The second kappa shape index (κ2) is 8.45. The normalized spacial score (nSPS) is 13.9. The van der Waals surface area contributed by atoms with Gasteiger partial charge in [0.25, 0.3) is 0 Å². The van der Waals surface area contributed by atoms with Gasteiger partial charge in [-0.25, -0.2) is 9.18 Å². The molecule has 0 radical (unpaired) electrons. The lowest BCUT2D eigenvalue weighted by Crippen LogP contribution is -2.36. The van der Waals surface area contributed by atoms with Gasteiger partial charge in [0.05, 0.1) is 5.69 Å². The molecule has 1 fully saturated rings. The SMILES string of the molecule is O=C(Nc1ccc(Br)cc1F)NC1CCCC1.O=C=O. The van der Waals surface area contributed by atoms with Crippen molar-refractivity contribution in [3.8, 4) is 0 Å². The molecule has 7 heteroatoms. The van der Waals surface area contributed by atoms with Gasteiger partial charge in [0.1, 0.15) is 5.82 Å². The smallest absolute Gasteiger partial charge is 0.335 e. The standard InChI is InChI=1S/C12H14BrFN2O.CO2/c13-8-5-6-11(10(14)7-8)16-12(17)15-9-3-1-2-4-9;2-1-3/h5-7,9H,1-4H2,(H2,15,16,17);. The van der Waals surface area contributed by atoms with Gasteiger partial charge >= 0.3 is 12.2 Å². The first kappa shape index (κ1) is 16.3. The second-order valence-electron chi connectivity index (χ2n) is 4.29. The van der Waals surface area contributed by atoms with Gasteiger partial charge in [0.2, 0.25) is 0 Å². The summed E-state index contributed by atoms with van der Waals surface area (Å²) in [6, 6.07) is 4.44. The summed E-state index contributed by atoms with van der Waals surface area (Å²) in [7, 11) is 0. The van der Waals surface area contributed by atoms with Gasteiger partial charge in [-0.3, -0.25) is 0 Å². The molecule has 1 aliphatic carbocycles. The summed E-state index contributed by atoms with van der Waals surface area (Å²) in [6.07, 6.45) is 4.57. The topological polar surface area (TPSA) is 75.3 Å². The molecule has 1 saturated carbocycles. The Morgan fingerprint density at radius 1 is 1.30 bits per heavy atom. The zero-order valence-corrected chi connectivity index (χ0v) is 12.2. The second-order valence-corrected chi connectivity index (χ2v) is 5.20. The Balaban J connectivity index is 0.000000612. The first-order chi connectivity index (χ1) is 9.56. The Labute approximate surface area is 124 Å². The zero-order chi connectivity index (χ0) is 15.0. The number of benzene rings is 1. The molecule has 2 N–H and O–H groups in total. The van der Waals surface area contributed by atoms with Crippen LogP contribution in [0.15, 0.2) is 22.7 Å². The van der Waals surface area contributed by atoms with Crippen molar-refractivity contribution in [3.05, 3.63) is 28.5 Å². The van der Waals surface area contributed by atoms with E-state index in [2.05, 4.69) is 26.6 Å². The van der Waals surface area contributed by atoms with Crippen LogP contribution in [-0.4, -0.2) is 18.2 Å². The lowest BCUT2D eigenvalue weighted by atomic mass is 10.2. The number of amides is 2. The molecule has 0 bridgehead atoms. The average Bonchev–Trinajstić information content (AvgIpc) is 2.86. The number of hydrogen-bond donors (Lipinski definition) is 2. The summed E-state index contributed by atoms with van der Waals surface area (Å²) in [5.74, 6) is -0.444. The van der Waals surface area contributed by atoms with Crippen molar-refractivity contribution < 1.29 is 18.8 Å². The van der Waals surface area contributed by atoms with Gasteiger partial charge in [-0.2, -0.15) is 9.59 Å². The summed E-state index contributed by atoms with van der Waals surface area (Å²) in [5, 5.41) is 5.36. The first-order valence-corrected chi connectivity index (χ1v) is 6.88. The van der Waals surface area contributed by atoms with Crippen molar-refractivity contribution in [1.29, 1.82) is 0 Å². The number of anilines is 1. The van der Waals surface area contributed by atoms with E-state index in [9.17, 15) is 9.18 Å². The van der Waals surface area contributed by atoms with Crippen LogP contribution in [0.4, 0.5) is 14.9 Å². The van der Waals surface area contributed by atoms with Crippen LogP contribution in [0, 0.1) is 5.82 Å². The third-order valence-corrected chi connectivity index (χ3v) is 3.36. The van der Waals surface area contributed by atoms with Crippen LogP contribution < -0.4 is 10.6 Å². The van der Waals surface area contributed by atoms with Crippen molar-refractivity contribution >= 4 is 33.8 Å². The monoisotopic (exact) mass is 344 g/mol. The van der Waals surface area contributed by atoms with Crippen LogP contribution >= 0.6 is 15.9 Å². The number of carbonyl (C=O) groups is 1. The summed E-state index contributed by atoms with van der Waals surface area (Å²) in [5.41, 5.74) is 0.198. The number of nitrogens with one attached hydrogen (secondary N) is 2. The molecule has 0 spiro atoms. The number of carbonyl (C=O) groups excluding carboxylic acids is 3. The van der Waals surface area contributed by atoms with E-state index in [0.717, 1.165) is 25.7 Å². The summed E-state index contributed by atoms with van der Waals surface area (Å²) in [4.78, 5) is 27.9. The third kappa shape index (κ3) is 5.50. The van der Waals surface area contributed by atoms with E-state index in [1.165, 1.54) is 12.1 Å². The number of halogens is 2. The zero-order valence-electron chi connectivity index (χ0n) is 10.6. The summed E-state index contributed by atoms with van der Waals surface area (Å²) < 4.78 is 14.1. The van der Waals surface area contributed by atoms with Gasteiger partial charge in [0, 0.05) is 10.5 Å². The fraction of sp³-hybridized carbons (Fsp3) is 0.385. The Morgan fingerprint density at radius 3 is 2.45 bits per heavy atom. The maximum absolute atomic E-state index is 13.5. The minimum absolute atomic E-state index is 0.198. The van der Waals surface area contributed by atoms with Crippen LogP contribution in [0.5, 0.6) is 0 Å². The Kier molecular flexibility index (Phi) is 6.90. The minimum Gasteiger partial charge on any atom is -0.335 e. The number of rotatable bonds is 2. The van der Waals surface area contributed by atoms with Gasteiger partial charge < -0.3 is 10.6 Å². The van der Waals surface area contributed by atoms with Crippen LogP contribution in [0.3, 0.4) is 0 Å². The van der Waals surface area contributed by atoms with E-state index in [1.807, 2.05) is 0 Å². The molecule has 2 rings (SSSR count). The molecule has 20 heavy (non-hydrogen) atoms. The highest BCUT2D eigenvalue weighted by Gasteiger charge is 2.17. The molecule has 0 aliphatic heterocycles. The van der Waals surface area contributed by atoms with Crippen molar-refractivity contribution in [2.45, 2.75) is 31.7 Å². The lowest BCUT2D eigenvalue weighted by molar-refractivity contribution is -0.191. The molecule has 2 amide bonds. The molecular weight excluding hydrogens is 331 g/mol. The predicted octanol–water partition coefficient (Wildman–Crippen LogP) is 3.07. The van der Waals surface area contributed by atoms with Crippen LogP contribution in [-0.2, 0) is 9.59 Å². The fourth-order valence-corrected chi connectivity index (χ4v) is 2.34. The molecule has 0 unspecified atom stereocenters. The highest BCUT2D eigenvalue weighted by molar-refractivity contribution is 9.10. The van der Waals surface area contributed by atoms with E-state index in [4.69, 9.17) is 9.59 Å². The van der Waals surface area contributed by atoms with E-state index < -0.39 is 5.82 Å². The minimum atomic E-state index is -0.444. The Morgan fingerprint density at radius 2 is 1.90 bits per heavy atom. The molecule has 0 atom stereocenters. The molecule has 0 heterocycles. The van der Waals surface area contributed by atoms with E-state index in [1.54, 1.807) is 6.07 Å². The molecule has 108 valence electrons. The van der Waals surface area contributed by atoms with Crippen LogP contribution in [0.1, 0.15) is 25.7 Å². The molecule has 0 saturated heterocycles. The third-order valence-electron chi connectivity index (χ3n) is 2.87. The van der Waals surface area contributed by atoms with Gasteiger partial charge in [0.15, 0.2) is 0 Å². The number of hydrogen-bond acceptors (Lipinski definition) is 3. The first-order valence-electron chi connectivity index (χ1n) is 6.08. The maximum Gasteiger partial charge on any atom is 0.373 e. The Hall–Kier alpha value is -1.72. The molecule has 1 aliphatic rings. The van der Waals surface area contributed by atoms with E-state index >= 15 is 0 Å². The molecule has 1 aromatic rings. The van der Waals surface area contributed by atoms with Gasteiger partial charge in [-0.15, -0.1) is 0 Å². The molecule has 5 nitrogen and oxygen atoms in total. The number of urea groups is 1. The van der Waals surface area contributed by atoms with Crippen molar-refractivity contribution in [3.63, 3.8) is 0 Å². The van der Waals surface area contributed by atoms with Crippen LogP contribution in [0.2, 0.25) is 0 Å². The quantitative estimate of drug-likeness (QED) is 0.865. The van der Waals surface area contributed by atoms with E-state index in [0.29, 0.717) is 4.47 Å². The van der Waals surface area contributed by atoms with Gasteiger partial charge in [-0.1, -0.05) is 28.8 Å². The average molecular weight is 345 g/mol. The Bertz CT molecular complexity index is 498. The van der Waals surface area contributed by atoms with Crippen molar-refractivity contribution in [2.24, 2.45) is 0 Å². The highest BCUT2D eigenvalue weighted by Crippen LogP contribution is 2.20. The van der Waals surface area contributed by atoms with Crippen LogP contribution in [0.25, 0.3) is 0 Å². The predicted molar refractivity (Wildman–Crippen MR) is 73.5 cm³/mol. The highest BCUT2D eigenvalue weighted by atomic mass is 79.9. The molecule has 0 aromatic heterocycles. The summed E-state index contributed by atoms with van der Waals surface area (Å²) in [6.45, 7) is 0. The van der Waals surface area contributed by atoms with Gasteiger partial charge in [-0.05, 0) is 31.0 Å². The maximum atomic E-state index is 13.5. The fourth-order valence-electron chi connectivity index (χ4n) is 2.00. The molecular formula is C13H14BrFN2O3. The van der Waals surface area contributed by atoms with Crippen molar-refractivity contribution in [1.82, 2.24) is 5.32 Å². The molecule has 1 aromatic carbocycles. The largest absolute Gasteiger partial charge is 0.373 e. The summed E-state index contributed by atoms with van der Waals surface area (Å²) >= 11 is 3.17. The van der Waals surface area contributed by atoms with E-state index in [-0.39, 0.29) is 23.9 Å². The lowest BCUT2D eigenvalue weighted by Gasteiger charge is -2.13. The van der Waals surface area contributed by atoms with Crippen molar-refractivity contribution in [2.75, 3.05) is 5.32 Å².